The molecule has 4 rings (SSSR count). The molecule has 0 aliphatic rings. The molecule has 236 valence electrons. The van der Waals surface area contributed by atoms with Crippen LogP contribution in [0, 0.1) is 5.92 Å². The quantitative estimate of drug-likeness (QED) is 0.161. The van der Waals surface area contributed by atoms with E-state index in [2.05, 4.69) is 5.32 Å². The average Bonchev–Trinajstić information content (AvgIpc) is 3.02. The maximum absolute atomic E-state index is 14.5. The number of benzene rings is 4. The summed E-state index contributed by atoms with van der Waals surface area (Å²) in [6.45, 7) is 3.68. The lowest BCUT2D eigenvalue weighted by Crippen LogP contribution is -2.53. The van der Waals surface area contributed by atoms with Crippen molar-refractivity contribution in [3.8, 4) is 0 Å². The van der Waals surface area contributed by atoms with Crippen LogP contribution in [0.3, 0.4) is 0 Å². The predicted molar refractivity (Wildman–Crippen MR) is 181 cm³/mol. The first-order chi connectivity index (χ1) is 21.5. The van der Waals surface area contributed by atoms with Gasteiger partial charge in [-0.05, 0) is 65.6 Å². The highest BCUT2D eigenvalue weighted by atomic mass is 35.5. The number of amides is 2. The Bertz CT molecular complexity index is 1700. The van der Waals surface area contributed by atoms with E-state index in [4.69, 9.17) is 34.8 Å². The fourth-order valence-electron chi connectivity index (χ4n) is 4.67. The number of nitrogens with zero attached hydrogens (tertiary/aromatic N) is 2. The van der Waals surface area contributed by atoms with E-state index in [9.17, 15) is 18.0 Å². The van der Waals surface area contributed by atoms with Crippen molar-refractivity contribution in [1.82, 2.24) is 10.2 Å². The molecule has 1 atom stereocenters. The Balaban J connectivity index is 1.81. The van der Waals surface area contributed by atoms with Crippen molar-refractivity contribution >= 4 is 62.3 Å². The van der Waals surface area contributed by atoms with Gasteiger partial charge in [-0.1, -0.05) is 103 Å². The van der Waals surface area contributed by atoms with Crippen LogP contribution in [0.4, 0.5) is 5.69 Å². The van der Waals surface area contributed by atoms with Gasteiger partial charge in [0.15, 0.2) is 0 Å². The zero-order chi connectivity index (χ0) is 32.6. The second kappa shape index (κ2) is 15.6. The Hall–Kier alpha value is -3.56. The molecule has 11 heteroatoms. The average molecular weight is 687 g/mol. The maximum Gasteiger partial charge on any atom is 0.264 e. The lowest BCUT2D eigenvalue weighted by Gasteiger charge is -2.34. The van der Waals surface area contributed by atoms with Gasteiger partial charge in [0.05, 0.1) is 10.6 Å². The Morgan fingerprint density at radius 1 is 0.800 bits per heavy atom. The molecule has 7 nitrogen and oxygen atoms in total. The van der Waals surface area contributed by atoms with Gasteiger partial charge in [-0.3, -0.25) is 13.9 Å². The minimum absolute atomic E-state index is 0.00978. The minimum Gasteiger partial charge on any atom is -0.354 e. The van der Waals surface area contributed by atoms with Crippen LogP contribution in [0.25, 0.3) is 0 Å². The molecule has 0 spiro atoms. The number of anilines is 1. The van der Waals surface area contributed by atoms with Gasteiger partial charge < -0.3 is 10.2 Å². The molecule has 0 saturated heterocycles. The van der Waals surface area contributed by atoms with Crippen molar-refractivity contribution in [2.75, 3.05) is 17.4 Å². The van der Waals surface area contributed by atoms with Gasteiger partial charge in [-0.25, -0.2) is 8.42 Å². The number of hydrogen-bond acceptors (Lipinski definition) is 4. The van der Waals surface area contributed by atoms with Crippen LogP contribution >= 0.6 is 34.8 Å². The molecule has 4 aromatic rings. The second-order valence-electron chi connectivity index (χ2n) is 10.9. The third-order valence-corrected chi connectivity index (χ3v) is 9.66. The summed E-state index contributed by atoms with van der Waals surface area (Å²) >= 11 is 18.8. The minimum atomic E-state index is -4.21. The lowest BCUT2D eigenvalue weighted by molar-refractivity contribution is -0.140. The smallest absolute Gasteiger partial charge is 0.264 e. The number of hydrogen-bond donors (Lipinski definition) is 1. The van der Waals surface area contributed by atoms with Crippen LogP contribution in [0.1, 0.15) is 25.0 Å². The van der Waals surface area contributed by atoms with E-state index >= 15 is 0 Å². The molecule has 0 aliphatic heterocycles. The fraction of sp³-hybridized carbons (Fsp3) is 0.235. The number of carbonyl (C=O) groups excluding carboxylic acids is 2. The zero-order valence-corrected chi connectivity index (χ0v) is 28.0. The van der Waals surface area contributed by atoms with Gasteiger partial charge >= 0.3 is 0 Å². The van der Waals surface area contributed by atoms with Crippen LogP contribution in [0.5, 0.6) is 0 Å². The topological polar surface area (TPSA) is 86.8 Å². The molecule has 1 N–H and O–H groups in total. The molecular weight excluding hydrogens is 653 g/mol. The molecule has 0 unspecified atom stereocenters. The Morgan fingerprint density at radius 3 is 2.00 bits per heavy atom. The van der Waals surface area contributed by atoms with Gasteiger partial charge in [0.1, 0.15) is 12.6 Å². The largest absolute Gasteiger partial charge is 0.354 e. The first-order valence-electron chi connectivity index (χ1n) is 14.3. The number of carbonyl (C=O) groups is 2. The molecular formula is C34H34Cl3N3O4S. The van der Waals surface area contributed by atoms with E-state index in [1.807, 2.05) is 44.2 Å². The Kier molecular flexibility index (Phi) is 11.9. The second-order valence-corrected chi connectivity index (χ2v) is 14.0. The van der Waals surface area contributed by atoms with Crippen LogP contribution in [-0.4, -0.2) is 44.3 Å². The van der Waals surface area contributed by atoms with Crippen LogP contribution in [-0.2, 0) is 32.6 Å². The molecule has 45 heavy (non-hydrogen) atoms. The number of halogens is 3. The summed E-state index contributed by atoms with van der Waals surface area (Å²) in [6, 6.07) is 27.3. The summed E-state index contributed by atoms with van der Waals surface area (Å²) in [5.41, 5.74) is 1.62. The SMILES string of the molecule is CC(C)CNC(=O)[C@@H](Cc1ccccc1)N(Cc1ccc(Cl)cc1Cl)C(=O)CN(c1ccc(Cl)cc1)S(=O)(=O)c1ccccc1. The van der Waals surface area contributed by atoms with Crippen molar-refractivity contribution in [2.45, 2.75) is 37.8 Å². The number of sulfonamides is 1. The van der Waals surface area contributed by atoms with Crippen LogP contribution in [0.15, 0.2) is 108 Å². The third kappa shape index (κ3) is 9.23. The molecule has 0 bridgehead atoms. The first-order valence-corrected chi connectivity index (χ1v) is 16.9. The predicted octanol–water partition coefficient (Wildman–Crippen LogP) is 7.25. The summed E-state index contributed by atoms with van der Waals surface area (Å²) in [5.74, 6) is -0.802. The van der Waals surface area contributed by atoms with Gasteiger partial charge in [-0.15, -0.1) is 0 Å². The molecule has 0 saturated carbocycles. The van der Waals surface area contributed by atoms with Gasteiger partial charge in [0.25, 0.3) is 10.0 Å². The van der Waals surface area contributed by atoms with Crippen molar-refractivity contribution in [3.63, 3.8) is 0 Å². The molecule has 0 radical (unpaired) electrons. The van der Waals surface area contributed by atoms with Crippen LogP contribution < -0.4 is 9.62 Å². The third-order valence-electron chi connectivity index (χ3n) is 7.04. The summed E-state index contributed by atoms with van der Waals surface area (Å²) in [4.78, 5) is 29.7. The van der Waals surface area contributed by atoms with Crippen molar-refractivity contribution in [2.24, 2.45) is 5.92 Å². The standard InChI is InChI=1S/C34H34Cl3N3O4S/c1-24(2)21-38-34(42)32(19-25-9-5-3-6-10-25)39(22-26-13-14-28(36)20-31(26)37)33(41)23-40(29-17-15-27(35)16-18-29)45(43,44)30-11-7-4-8-12-30/h3-18,20,24,32H,19,21-23H2,1-2H3,(H,38,42)/t32-/m1/s1. The maximum atomic E-state index is 14.5. The molecule has 0 aliphatic carbocycles. The number of nitrogens with one attached hydrogen (secondary N) is 1. The van der Waals surface area contributed by atoms with E-state index in [1.165, 1.54) is 29.2 Å². The monoisotopic (exact) mass is 685 g/mol. The highest BCUT2D eigenvalue weighted by Crippen LogP contribution is 2.28. The molecule has 0 aromatic heterocycles. The molecule has 4 aromatic carbocycles. The highest BCUT2D eigenvalue weighted by Gasteiger charge is 2.35. The highest BCUT2D eigenvalue weighted by molar-refractivity contribution is 7.92. The summed E-state index contributed by atoms with van der Waals surface area (Å²) in [5, 5.41) is 4.10. The van der Waals surface area contributed by atoms with E-state index in [-0.39, 0.29) is 35.4 Å². The van der Waals surface area contributed by atoms with Crippen molar-refractivity contribution in [3.05, 3.63) is 129 Å². The summed E-state index contributed by atoms with van der Waals surface area (Å²) in [6.07, 6.45) is 0.189. The van der Waals surface area contributed by atoms with Gasteiger partial charge in [0, 0.05) is 34.6 Å². The lowest BCUT2D eigenvalue weighted by atomic mass is 10.0. The zero-order valence-electron chi connectivity index (χ0n) is 24.9. The van der Waals surface area contributed by atoms with Crippen LogP contribution in [0.2, 0.25) is 15.1 Å². The van der Waals surface area contributed by atoms with Gasteiger partial charge in [-0.2, -0.15) is 0 Å². The van der Waals surface area contributed by atoms with Crippen molar-refractivity contribution in [1.29, 1.82) is 0 Å². The van der Waals surface area contributed by atoms with E-state index in [1.54, 1.807) is 48.5 Å². The van der Waals surface area contributed by atoms with E-state index in [0.717, 1.165) is 9.87 Å². The summed E-state index contributed by atoms with van der Waals surface area (Å²) < 4.78 is 29.0. The molecule has 2 amide bonds. The number of rotatable bonds is 13. The molecule has 0 fully saturated rings. The summed E-state index contributed by atoms with van der Waals surface area (Å²) in [7, 11) is -4.21. The fourth-order valence-corrected chi connectivity index (χ4v) is 6.70. The van der Waals surface area contributed by atoms with Gasteiger partial charge in [0.2, 0.25) is 11.8 Å². The normalized spacial score (nSPS) is 12.0. The van der Waals surface area contributed by atoms with E-state index < -0.39 is 28.5 Å². The Morgan fingerprint density at radius 2 is 1.40 bits per heavy atom. The first kappa shape index (κ1) is 34.3. The van der Waals surface area contributed by atoms with E-state index in [0.29, 0.717) is 27.2 Å². The Labute approximate surface area is 279 Å². The molecule has 0 heterocycles. The van der Waals surface area contributed by atoms with Crippen molar-refractivity contribution < 1.29 is 18.0 Å².